The monoisotopic (exact) mass is 544 g/mol. The van der Waals surface area contributed by atoms with Gasteiger partial charge in [0.25, 0.3) is 0 Å². The maximum Gasteiger partial charge on any atom is 0.673 e. The van der Waals surface area contributed by atoms with E-state index >= 15 is 0 Å². The van der Waals surface area contributed by atoms with E-state index in [4.69, 9.17) is 0 Å². The highest BCUT2D eigenvalue weighted by molar-refractivity contribution is 7.73. The number of aliphatic hydroxyl groups excluding tert-OH is 4. The highest BCUT2D eigenvalue weighted by atomic mass is 31.1. The number of hydrogen-bond donors (Lipinski definition) is 4. The fraction of sp³-hybridized carbons (Fsp3) is 0.667. The average molecular weight is 544 g/mol. The maximum atomic E-state index is 10.3. The molecule has 198 valence electrons. The molecule has 0 radical (unpaired) electrons. The minimum absolute atomic E-state index is 0.0456. The highest BCUT2D eigenvalue weighted by Crippen LogP contribution is 2.59. The second-order valence-electron chi connectivity index (χ2n) is 8.22. The number of benzene rings is 1. The highest BCUT2D eigenvalue weighted by Gasteiger charge is 2.49. The SMILES string of the molecule is C[C@H]1[C@@H](O)[C@H](O)[C@H](C)P1c1ccccc1P1[C@@H](C)[C@@H](O)[C@H](O)[C@@H]1C.F[B-](F)(F)F.F[B-](F)(F)F. The molecule has 0 aromatic heterocycles. The van der Waals surface area contributed by atoms with Crippen molar-refractivity contribution < 1.29 is 55.0 Å². The zero-order valence-corrected chi connectivity index (χ0v) is 20.6. The van der Waals surface area contributed by atoms with Crippen LogP contribution in [-0.4, -0.2) is 82.0 Å². The summed E-state index contributed by atoms with van der Waals surface area (Å²) < 4.78 is 78.0. The zero-order chi connectivity index (χ0) is 26.8. The van der Waals surface area contributed by atoms with Crippen LogP contribution in [0.3, 0.4) is 0 Å². The Morgan fingerprint density at radius 1 is 0.529 bits per heavy atom. The summed E-state index contributed by atoms with van der Waals surface area (Å²) in [5.41, 5.74) is 0.182. The van der Waals surface area contributed by atoms with E-state index in [2.05, 4.69) is 12.1 Å². The summed E-state index contributed by atoms with van der Waals surface area (Å²) in [5.74, 6) is 0. The van der Waals surface area contributed by atoms with Crippen LogP contribution in [0.1, 0.15) is 27.7 Å². The summed E-state index contributed by atoms with van der Waals surface area (Å²) in [5, 5.41) is 43.7. The van der Waals surface area contributed by atoms with Crippen molar-refractivity contribution in [1.82, 2.24) is 0 Å². The lowest BCUT2D eigenvalue weighted by Crippen LogP contribution is -2.30. The van der Waals surface area contributed by atoms with Crippen LogP contribution in [0.25, 0.3) is 0 Å². The van der Waals surface area contributed by atoms with Gasteiger partial charge in [-0.2, -0.15) is 0 Å². The fourth-order valence-corrected chi connectivity index (χ4v) is 11.5. The fourth-order valence-electron chi connectivity index (χ4n) is 4.32. The van der Waals surface area contributed by atoms with E-state index in [1.807, 2.05) is 39.8 Å². The molecule has 1 aromatic rings. The lowest BCUT2D eigenvalue weighted by Gasteiger charge is -2.30. The van der Waals surface area contributed by atoms with Crippen molar-refractivity contribution in [2.45, 2.75) is 74.7 Å². The summed E-state index contributed by atoms with van der Waals surface area (Å²) in [6.07, 6.45) is -2.72. The second kappa shape index (κ2) is 12.2. The Bertz CT molecular complexity index is 688. The first-order valence-corrected chi connectivity index (χ1v) is 13.4. The average Bonchev–Trinajstić information content (AvgIpc) is 2.99. The van der Waals surface area contributed by atoms with Crippen LogP contribution in [0.15, 0.2) is 24.3 Å². The van der Waals surface area contributed by atoms with E-state index < -0.39 is 54.8 Å². The Labute approximate surface area is 195 Å². The van der Waals surface area contributed by atoms with Gasteiger partial charge in [0.2, 0.25) is 0 Å². The molecule has 4 nitrogen and oxygen atoms in total. The van der Waals surface area contributed by atoms with Crippen molar-refractivity contribution in [3.8, 4) is 0 Å². The lowest BCUT2D eigenvalue weighted by molar-refractivity contribution is 0.0327. The summed E-state index contributed by atoms with van der Waals surface area (Å²) in [6, 6.07) is 8.28. The molecule has 2 aliphatic rings. The van der Waals surface area contributed by atoms with Crippen molar-refractivity contribution in [1.29, 1.82) is 0 Å². The van der Waals surface area contributed by atoms with Crippen LogP contribution in [0.2, 0.25) is 0 Å². The molecular weight excluding hydrogens is 516 g/mol. The Balaban J connectivity index is 0.000000489. The minimum atomic E-state index is -6.00. The first-order chi connectivity index (χ1) is 15.3. The largest absolute Gasteiger partial charge is 0.673 e. The first-order valence-electron chi connectivity index (χ1n) is 10.4. The van der Waals surface area contributed by atoms with E-state index in [0.29, 0.717) is 0 Å². The van der Waals surface area contributed by atoms with E-state index in [1.165, 1.54) is 10.6 Å². The molecule has 0 amide bonds. The Morgan fingerprint density at radius 3 is 0.882 bits per heavy atom. The summed E-state index contributed by atoms with van der Waals surface area (Å²) in [7, 11) is -13.4. The topological polar surface area (TPSA) is 80.9 Å². The molecule has 1 aromatic carbocycles. The Kier molecular flexibility index (Phi) is 11.3. The zero-order valence-electron chi connectivity index (χ0n) is 18.8. The minimum Gasteiger partial charge on any atom is -0.418 e. The Hall–Kier alpha value is -0.510. The molecule has 2 aliphatic heterocycles. The van der Waals surface area contributed by atoms with Gasteiger partial charge in [0.15, 0.2) is 0 Å². The van der Waals surface area contributed by atoms with E-state index in [0.717, 1.165) is 0 Å². The molecule has 0 unspecified atom stereocenters. The summed E-state index contributed by atoms with van der Waals surface area (Å²) in [4.78, 5) is 0. The molecule has 2 saturated heterocycles. The van der Waals surface area contributed by atoms with Crippen molar-refractivity contribution in [3.05, 3.63) is 24.3 Å². The van der Waals surface area contributed by atoms with Crippen molar-refractivity contribution in [2.75, 3.05) is 0 Å². The molecule has 3 rings (SSSR count). The third-order valence-corrected chi connectivity index (χ3v) is 12.7. The maximum absolute atomic E-state index is 10.3. The predicted octanol–water partition coefficient (Wildman–Crippen LogP) is 3.53. The van der Waals surface area contributed by atoms with Gasteiger partial charge in [-0.05, 0) is 10.6 Å². The molecular formula is C18H28B2F8O4P2-2. The van der Waals surface area contributed by atoms with Gasteiger partial charge >= 0.3 is 14.5 Å². The van der Waals surface area contributed by atoms with Gasteiger partial charge in [0.05, 0.1) is 24.4 Å². The van der Waals surface area contributed by atoms with Gasteiger partial charge in [-0.3, -0.25) is 0 Å². The van der Waals surface area contributed by atoms with Crippen LogP contribution in [0.5, 0.6) is 0 Å². The molecule has 0 aliphatic carbocycles. The molecule has 0 spiro atoms. The van der Waals surface area contributed by atoms with Crippen LogP contribution in [0.4, 0.5) is 34.5 Å². The van der Waals surface area contributed by atoms with Gasteiger partial charge in [0.1, 0.15) is 0 Å². The van der Waals surface area contributed by atoms with Gasteiger partial charge in [-0.25, -0.2) is 0 Å². The second-order valence-corrected chi connectivity index (χ2v) is 14.1. The van der Waals surface area contributed by atoms with E-state index in [1.54, 1.807) is 0 Å². The predicted molar refractivity (Wildman–Crippen MR) is 122 cm³/mol. The summed E-state index contributed by atoms with van der Waals surface area (Å²) in [6.45, 7) is 8.10. The van der Waals surface area contributed by atoms with Crippen molar-refractivity contribution >= 4 is 41.0 Å². The lowest BCUT2D eigenvalue weighted by atomic mass is 10.1. The normalized spacial score (nSPS) is 38.0. The molecule has 2 fully saturated rings. The van der Waals surface area contributed by atoms with Crippen molar-refractivity contribution in [2.24, 2.45) is 0 Å². The third-order valence-electron chi connectivity index (χ3n) is 5.87. The molecule has 0 bridgehead atoms. The molecule has 16 heteroatoms. The standard InChI is InChI=1S/C18H28O4P2.2BF4/c1-9-15(19)16(20)10(2)23(9)13-7-5-6-8-14(13)24-11(3)17(21)18(22)12(24)4;2*2-1(3,4)5/h5-12,15-22H,1-4H3;;/q;2*-1/t9-,10-,11-,12-,15+,16+,17+,18+;;/m0../s1. The van der Waals surface area contributed by atoms with Crippen LogP contribution in [-0.2, 0) is 0 Å². The van der Waals surface area contributed by atoms with Crippen LogP contribution in [0, 0.1) is 0 Å². The number of aliphatic hydroxyl groups is 4. The molecule has 4 N–H and O–H groups in total. The van der Waals surface area contributed by atoms with Gasteiger partial charge in [0, 0.05) is 22.6 Å². The van der Waals surface area contributed by atoms with Crippen LogP contribution < -0.4 is 10.6 Å². The first kappa shape index (κ1) is 31.5. The van der Waals surface area contributed by atoms with Crippen LogP contribution >= 0.6 is 15.8 Å². The van der Waals surface area contributed by atoms with Crippen molar-refractivity contribution in [3.63, 3.8) is 0 Å². The van der Waals surface area contributed by atoms with Gasteiger partial charge in [-0.1, -0.05) is 67.8 Å². The van der Waals surface area contributed by atoms with Gasteiger partial charge < -0.3 is 55.0 Å². The smallest absolute Gasteiger partial charge is 0.418 e. The molecule has 0 saturated carbocycles. The molecule has 2 heterocycles. The molecule has 8 atom stereocenters. The third kappa shape index (κ3) is 8.56. The Morgan fingerprint density at radius 2 is 0.706 bits per heavy atom. The number of hydrogen-bond acceptors (Lipinski definition) is 4. The quantitative estimate of drug-likeness (QED) is 0.261. The summed E-state index contributed by atoms with van der Waals surface area (Å²) >= 11 is 0. The molecule has 34 heavy (non-hydrogen) atoms. The van der Waals surface area contributed by atoms with Gasteiger partial charge in [-0.15, -0.1) is 0 Å². The number of rotatable bonds is 2. The number of halogens is 8. The van der Waals surface area contributed by atoms with E-state index in [-0.39, 0.29) is 22.6 Å². The van der Waals surface area contributed by atoms with E-state index in [9.17, 15) is 55.0 Å².